The van der Waals surface area contributed by atoms with E-state index in [-0.39, 0.29) is 25.2 Å². The van der Waals surface area contributed by atoms with Gasteiger partial charge in [0.25, 0.3) is 0 Å². The summed E-state index contributed by atoms with van der Waals surface area (Å²) in [5.74, 6) is -0.685. The molecule has 260 valence electrons. The molecule has 0 aliphatic heterocycles. The number of allylic oxidation sites excluding steroid dienone is 14. The summed E-state index contributed by atoms with van der Waals surface area (Å²) in [6.45, 7) is 3.91. The van der Waals surface area contributed by atoms with E-state index in [0.717, 1.165) is 77.0 Å². The molecule has 0 aliphatic rings. The van der Waals surface area contributed by atoms with Crippen LogP contribution in [-0.4, -0.2) is 36.4 Å². The molecular weight excluding hydrogens is 572 g/mol. The molecule has 0 spiro atoms. The lowest BCUT2D eigenvalue weighted by atomic mass is 10.1. The monoisotopic (exact) mass is 638 g/mol. The number of rotatable bonds is 31. The van der Waals surface area contributed by atoms with E-state index in [2.05, 4.69) is 98.9 Å². The van der Waals surface area contributed by atoms with Gasteiger partial charge in [-0.05, 0) is 83.5 Å². The molecular formula is C41H66O5. The molecule has 0 radical (unpaired) electrons. The lowest BCUT2D eigenvalue weighted by Crippen LogP contribution is -2.28. The third-order valence-electron chi connectivity index (χ3n) is 7.17. The van der Waals surface area contributed by atoms with Gasteiger partial charge in [-0.3, -0.25) is 9.59 Å². The Morgan fingerprint density at radius 2 is 0.957 bits per heavy atom. The number of hydrogen-bond acceptors (Lipinski definition) is 5. The minimum atomic E-state index is -0.805. The van der Waals surface area contributed by atoms with Gasteiger partial charge in [-0.1, -0.05) is 131 Å². The minimum absolute atomic E-state index is 0.106. The fraction of sp³-hybridized carbons (Fsp3) is 0.610. The van der Waals surface area contributed by atoms with Gasteiger partial charge in [0.1, 0.15) is 6.61 Å². The van der Waals surface area contributed by atoms with Crippen molar-refractivity contribution in [3.63, 3.8) is 0 Å². The van der Waals surface area contributed by atoms with Crippen LogP contribution in [0.4, 0.5) is 0 Å². The molecule has 0 bridgehead atoms. The third kappa shape index (κ3) is 34.0. The SMILES string of the molecule is CCC=CCC=CCC=CCC=CCC=CCCCC(=O)OCC(CO)OC(=O)CCCCCCCC=CCC=CCCCCC. The summed E-state index contributed by atoms with van der Waals surface area (Å²) in [5.41, 5.74) is 0. The zero-order chi connectivity index (χ0) is 33.6. The van der Waals surface area contributed by atoms with Crippen LogP contribution >= 0.6 is 0 Å². The quantitative estimate of drug-likeness (QED) is 0.0465. The Bertz CT molecular complexity index is 906. The van der Waals surface area contributed by atoms with Crippen molar-refractivity contribution >= 4 is 11.9 Å². The predicted molar refractivity (Wildman–Crippen MR) is 196 cm³/mol. The van der Waals surface area contributed by atoms with E-state index in [1.165, 1.54) is 32.1 Å². The van der Waals surface area contributed by atoms with Crippen LogP contribution in [0, 0.1) is 0 Å². The van der Waals surface area contributed by atoms with Crippen LogP contribution in [0.5, 0.6) is 0 Å². The molecule has 0 fully saturated rings. The van der Waals surface area contributed by atoms with Gasteiger partial charge in [0.2, 0.25) is 0 Å². The molecule has 0 saturated heterocycles. The van der Waals surface area contributed by atoms with Crippen LogP contribution in [0.1, 0.15) is 142 Å². The van der Waals surface area contributed by atoms with Crippen LogP contribution in [0.3, 0.4) is 0 Å². The smallest absolute Gasteiger partial charge is 0.306 e. The second kappa shape index (κ2) is 36.5. The average molecular weight is 639 g/mol. The molecule has 0 aromatic rings. The number of unbranched alkanes of at least 4 members (excludes halogenated alkanes) is 9. The number of carbonyl (C=O) groups excluding carboxylic acids is 2. The highest BCUT2D eigenvalue weighted by molar-refractivity contribution is 5.70. The molecule has 46 heavy (non-hydrogen) atoms. The fourth-order valence-electron chi connectivity index (χ4n) is 4.44. The minimum Gasteiger partial charge on any atom is -0.462 e. The van der Waals surface area contributed by atoms with E-state index < -0.39 is 6.10 Å². The zero-order valence-electron chi connectivity index (χ0n) is 29.3. The first-order valence-electron chi connectivity index (χ1n) is 18.1. The number of aliphatic hydroxyl groups excluding tert-OH is 1. The fourth-order valence-corrected chi connectivity index (χ4v) is 4.44. The predicted octanol–water partition coefficient (Wildman–Crippen LogP) is 11.2. The molecule has 0 aliphatic carbocycles. The highest BCUT2D eigenvalue weighted by Gasteiger charge is 2.15. The first kappa shape index (κ1) is 43.1. The molecule has 1 unspecified atom stereocenters. The van der Waals surface area contributed by atoms with E-state index in [9.17, 15) is 14.7 Å². The zero-order valence-corrected chi connectivity index (χ0v) is 29.3. The number of carbonyl (C=O) groups is 2. The lowest BCUT2D eigenvalue weighted by Gasteiger charge is -2.15. The topological polar surface area (TPSA) is 72.8 Å². The summed E-state index contributed by atoms with van der Waals surface area (Å²) < 4.78 is 10.5. The van der Waals surface area contributed by atoms with E-state index in [1.807, 2.05) is 0 Å². The van der Waals surface area contributed by atoms with E-state index in [0.29, 0.717) is 19.3 Å². The first-order chi connectivity index (χ1) is 22.6. The molecule has 0 amide bonds. The Kier molecular flexibility index (Phi) is 34.2. The maximum Gasteiger partial charge on any atom is 0.306 e. The number of ether oxygens (including phenoxy) is 2. The van der Waals surface area contributed by atoms with Crippen LogP contribution < -0.4 is 0 Å². The van der Waals surface area contributed by atoms with Gasteiger partial charge < -0.3 is 14.6 Å². The average Bonchev–Trinajstić information content (AvgIpc) is 3.06. The van der Waals surface area contributed by atoms with E-state index in [1.54, 1.807) is 0 Å². The lowest BCUT2D eigenvalue weighted by molar-refractivity contribution is -0.161. The van der Waals surface area contributed by atoms with Crippen LogP contribution in [0.25, 0.3) is 0 Å². The molecule has 0 aromatic carbocycles. The molecule has 0 aromatic heterocycles. The highest BCUT2D eigenvalue weighted by atomic mass is 16.6. The van der Waals surface area contributed by atoms with E-state index >= 15 is 0 Å². The van der Waals surface area contributed by atoms with Crippen LogP contribution in [-0.2, 0) is 19.1 Å². The van der Waals surface area contributed by atoms with Crippen molar-refractivity contribution < 1.29 is 24.2 Å². The normalized spacial score (nSPS) is 13.2. The maximum atomic E-state index is 12.1. The van der Waals surface area contributed by atoms with Gasteiger partial charge in [-0.15, -0.1) is 0 Å². The summed E-state index contributed by atoms with van der Waals surface area (Å²) in [6, 6.07) is 0. The summed E-state index contributed by atoms with van der Waals surface area (Å²) in [5, 5.41) is 9.52. The Balaban J connectivity index is 3.74. The summed E-state index contributed by atoms with van der Waals surface area (Å²) in [7, 11) is 0. The Morgan fingerprint density at radius 1 is 0.522 bits per heavy atom. The molecule has 0 heterocycles. The van der Waals surface area contributed by atoms with Crippen molar-refractivity contribution in [1.29, 1.82) is 0 Å². The number of hydrogen-bond donors (Lipinski definition) is 1. The second-order valence-corrected chi connectivity index (χ2v) is 11.6. The third-order valence-corrected chi connectivity index (χ3v) is 7.17. The molecule has 5 nitrogen and oxygen atoms in total. The van der Waals surface area contributed by atoms with Gasteiger partial charge in [-0.2, -0.15) is 0 Å². The molecule has 1 N–H and O–H groups in total. The van der Waals surface area contributed by atoms with Gasteiger partial charge in [0, 0.05) is 12.8 Å². The van der Waals surface area contributed by atoms with Crippen molar-refractivity contribution in [3.05, 3.63) is 85.1 Å². The van der Waals surface area contributed by atoms with Gasteiger partial charge in [0.15, 0.2) is 6.10 Å². The van der Waals surface area contributed by atoms with Crippen molar-refractivity contribution in [2.45, 2.75) is 148 Å². The summed E-state index contributed by atoms with van der Waals surface area (Å²) in [4.78, 5) is 24.2. The van der Waals surface area contributed by atoms with Crippen molar-refractivity contribution in [2.75, 3.05) is 13.2 Å². The molecule has 5 heteroatoms. The highest BCUT2D eigenvalue weighted by Crippen LogP contribution is 2.10. The van der Waals surface area contributed by atoms with Crippen molar-refractivity contribution in [2.24, 2.45) is 0 Å². The Morgan fingerprint density at radius 3 is 1.48 bits per heavy atom. The first-order valence-corrected chi connectivity index (χ1v) is 18.1. The molecule has 0 rings (SSSR count). The maximum absolute atomic E-state index is 12.1. The molecule has 0 saturated carbocycles. The Labute approximate surface area is 282 Å². The number of esters is 2. The van der Waals surface area contributed by atoms with Crippen LogP contribution in [0.2, 0.25) is 0 Å². The molecule has 1 atom stereocenters. The number of aliphatic hydroxyl groups is 1. The second-order valence-electron chi connectivity index (χ2n) is 11.6. The van der Waals surface area contributed by atoms with Crippen molar-refractivity contribution in [3.8, 4) is 0 Å². The van der Waals surface area contributed by atoms with Gasteiger partial charge >= 0.3 is 11.9 Å². The Hall–Kier alpha value is -2.92. The van der Waals surface area contributed by atoms with E-state index in [4.69, 9.17) is 9.47 Å². The van der Waals surface area contributed by atoms with Crippen LogP contribution in [0.15, 0.2) is 85.1 Å². The largest absolute Gasteiger partial charge is 0.462 e. The standard InChI is InChI=1S/C41H66O5/c1-3-5-7-9-11-13-15-17-19-20-22-23-25-27-29-31-33-35-40(43)45-38-39(37-42)46-41(44)36-34-32-30-28-26-24-21-18-16-14-12-10-8-6-4-2/h5,7,11-14,17-19,21-23,27,29,39,42H,3-4,6,8-10,15-16,20,24-26,28,30-38H2,1-2H3. The summed E-state index contributed by atoms with van der Waals surface area (Å²) in [6.07, 6.45) is 49.2. The van der Waals surface area contributed by atoms with Gasteiger partial charge in [0.05, 0.1) is 6.61 Å². The van der Waals surface area contributed by atoms with Crippen molar-refractivity contribution in [1.82, 2.24) is 0 Å². The summed E-state index contributed by atoms with van der Waals surface area (Å²) >= 11 is 0. The van der Waals surface area contributed by atoms with Gasteiger partial charge in [-0.25, -0.2) is 0 Å².